The minimum atomic E-state index is -1.06. The summed E-state index contributed by atoms with van der Waals surface area (Å²) in [7, 11) is 0. The molecule has 7 nitrogen and oxygen atoms in total. The minimum absolute atomic E-state index is 0.0399. The van der Waals surface area contributed by atoms with Crippen LogP contribution in [0.3, 0.4) is 0 Å². The Morgan fingerprint density at radius 2 is 2.25 bits per heavy atom. The molecule has 0 saturated carbocycles. The van der Waals surface area contributed by atoms with E-state index in [-0.39, 0.29) is 18.1 Å². The second-order valence-electron chi connectivity index (χ2n) is 4.08. The SMILES string of the molecule is CCn1cc(C(=O)NCc2nc(C(=O)O)c(C)s2)cn1. The van der Waals surface area contributed by atoms with Crippen LogP contribution in [0, 0.1) is 6.92 Å². The quantitative estimate of drug-likeness (QED) is 0.866. The lowest BCUT2D eigenvalue weighted by molar-refractivity contribution is 0.0690. The highest BCUT2D eigenvalue weighted by Gasteiger charge is 2.15. The number of carboxylic acid groups (broad SMARTS) is 1. The van der Waals surface area contributed by atoms with Crippen LogP contribution >= 0.6 is 11.3 Å². The first-order valence-electron chi connectivity index (χ1n) is 6.01. The van der Waals surface area contributed by atoms with E-state index in [0.29, 0.717) is 22.0 Å². The molecule has 2 N–H and O–H groups in total. The maximum atomic E-state index is 11.9. The largest absolute Gasteiger partial charge is 0.476 e. The Morgan fingerprint density at radius 1 is 1.50 bits per heavy atom. The first-order valence-corrected chi connectivity index (χ1v) is 6.83. The van der Waals surface area contributed by atoms with Crippen LogP contribution in [-0.2, 0) is 13.1 Å². The summed E-state index contributed by atoms with van der Waals surface area (Å²) in [5.74, 6) is -1.31. The van der Waals surface area contributed by atoms with Crippen LogP contribution < -0.4 is 5.32 Å². The van der Waals surface area contributed by atoms with Gasteiger partial charge in [-0.15, -0.1) is 11.3 Å². The van der Waals surface area contributed by atoms with E-state index in [4.69, 9.17) is 5.11 Å². The molecule has 0 unspecified atom stereocenters. The van der Waals surface area contributed by atoms with Gasteiger partial charge in [-0.05, 0) is 13.8 Å². The topological polar surface area (TPSA) is 97.1 Å². The number of nitrogens with zero attached hydrogens (tertiary/aromatic N) is 3. The highest BCUT2D eigenvalue weighted by Crippen LogP contribution is 2.17. The van der Waals surface area contributed by atoms with Crippen molar-refractivity contribution < 1.29 is 14.7 Å². The van der Waals surface area contributed by atoms with Crippen molar-refractivity contribution in [2.24, 2.45) is 0 Å². The molecular weight excluding hydrogens is 280 g/mol. The van der Waals surface area contributed by atoms with E-state index in [1.165, 1.54) is 17.5 Å². The number of aryl methyl sites for hydroxylation is 2. The van der Waals surface area contributed by atoms with Crippen molar-refractivity contribution >= 4 is 23.2 Å². The van der Waals surface area contributed by atoms with Crippen LogP contribution in [0.2, 0.25) is 0 Å². The van der Waals surface area contributed by atoms with Gasteiger partial charge < -0.3 is 10.4 Å². The van der Waals surface area contributed by atoms with Gasteiger partial charge in [0, 0.05) is 17.6 Å². The second kappa shape index (κ2) is 5.83. The third-order valence-electron chi connectivity index (χ3n) is 2.66. The molecule has 0 aliphatic rings. The van der Waals surface area contributed by atoms with Gasteiger partial charge in [0.15, 0.2) is 5.69 Å². The molecule has 106 valence electrons. The smallest absolute Gasteiger partial charge is 0.355 e. The van der Waals surface area contributed by atoms with Gasteiger partial charge in [0.25, 0.3) is 5.91 Å². The van der Waals surface area contributed by atoms with Crippen LogP contribution in [-0.4, -0.2) is 31.7 Å². The van der Waals surface area contributed by atoms with Crippen molar-refractivity contribution in [3.05, 3.63) is 33.5 Å². The Bertz CT molecular complexity index is 647. The van der Waals surface area contributed by atoms with Crippen molar-refractivity contribution in [3.8, 4) is 0 Å². The number of carboxylic acids is 1. The zero-order valence-electron chi connectivity index (χ0n) is 11.1. The molecule has 20 heavy (non-hydrogen) atoms. The van der Waals surface area contributed by atoms with Gasteiger partial charge in [0.2, 0.25) is 0 Å². The lowest BCUT2D eigenvalue weighted by Crippen LogP contribution is -2.22. The monoisotopic (exact) mass is 294 g/mol. The molecule has 8 heteroatoms. The summed E-state index contributed by atoms with van der Waals surface area (Å²) in [5, 5.41) is 16.2. The van der Waals surface area contributed by atoms with E-state index in [2.05, 4.69) is 15.4 Å². The average Bonchev–Trinajstić information content (AvgIpc) is 3.02. The van der Waals surface area contributed by atoms with Crippen molar-refractivity contribution in [2.45, 2.75) is 26.9 Å². The number of thiazole rings is 1. The summed E-state index contributed by atoms with van der Waals surface area (Å²) in [5.41, 5.74) is 0.511. The molecule has 0 saturated heterocycles. The summed E-state index contributed by atoms with van der Waals surface area (Å²) >= 11 is 1.26. The number of hydrogen-bond acceptors (Lipinski definition) is 5. The highest BCUT2D eigenvalue weighted by atomic mass is 32.1. The maximum Gasteiger partial charge on any atom is 0.355 e. The molecule has 2 aromatic rings. The van der Waals surface area contributed by atoms with Crippen LogP contribution in [0.4, 0.5) is 0 Å². The van der Waals surface area contributed by atoms with Crippen molar-refractivity contribution in [2.75, 3.05) is 0 Å². The fourth-order valence-corrected chi connectivity index (χ4v) is 2.50. The van der Waals surface area contributed by atoms with Gasteiger partial charge in [0.05, 0.1) is 18.3 Å². The number of rotatable bonds is 5. The van der Waals surface area contributed by atoms with Gasteiger partial charge in [0.1, 0.15) is 5.01 Å². The molecule has 0 aliphatic carbocycles. The molecule has 0 atom stereocenters. The fourth-order valence-electron chi connectivity index (χ4n) is 1.64. The predicted molar refractivity (Wildman–Crippen MR) is 72.9 cm³/mol. The molecule has 2 heterocycles. The van der Waals surface area contributed by atoms with Gasteiger partial charge in [-0.2, -0.15) is 5.10 Å². The van der Waals surface area contributed by atoms with E-state index in [9.17, 15) is 9.59 Å². The number of nitrogens with one attached hydrogen (secondary N) is 1. The van der Waals surface area contributed by atoms with Crippen LogP contribution in [0.15, 0.2) is 12.4 Å². The summed E-state index contributed by atoms with van der Waals surface area (Å²) < 4.78 is 1.66. The number of carbonyl (C=O) groups is 2. The van der Waals surface area contributed by atoms with E-state index < -0.39 is 5.97 Å². The lowest BCUT2D eigenvalue weighted by Gasteiger charge is -1.99. The molecule has 2 rings (SSSR count). The number of amides is 1. The van der Waals surface area contributed by atoms with Crippen molar-refractivity contribution in [1.29, 1.82) is 0 Å². The normalized spacial score (nSPS) is 10.5. The lowest BCUT2D eigenvalue weighted by atomic mass is 10.3. The number of hydrogen-bond donors (Lipinski definition) is 2. The molecule has 0 spiro atoms. The summed E-state index contributed by atoms with van der Waals surface area (Å²) in [6.07, 6.45) is 3.15. The van der Waals surface area contributed by atoms with Gasteiger partial charge in [-0.25, -0.2) is 9.78 Å². The molecule has 2 aromatic heterocycles. The number of aromatic nitrogens is 3. The number of carbonyl (C=O) groups excluding carboxylic acids is 1. The summed E-state index contributed by atoms with van der Waals surface area (Å²) in [6.45, 7) is 4.52. The molecular formula is C12H14N4O3S. The predicted octanol–water partition coefficient (Wildman–Crippen LogP) is 1.30. The Hall–Kier alpha value is -2.22. The summed E-state index contributed by atoms with van der Waals surface area (Å²) in [6, 6.07) is 0. The van der Waals surface area contributed by atoms with Crippen molar-refractivity contribution in [3.63, 3.8) is 0 Å². The fraction of sp³-hybridized carbons (Fsp3) is 0.333. The van der Waals surface area contributed by atoms with E-state index in [1.807, 2.05) is 6.92 Å². The van der Waals surface area contributed by atoms with Gasteiger partial charge >= 0.3 is 5.97 Å². The zero-order valence-corrected chi connectivity index (χ0v) is 11.9. The van der Waals surface area contributed by atoms with E-state index >= 15 is 0 Å². The Labute approximate surface area is 119 Å². The molecule has 0 aromatic carbocycles. The standard InChI is InChI=1S/C12H14N4O3S/c1-3-16-6-8(4-14-16)11(17)13-5-9-15-10(12(18)19)7(2)20-9/h4,6H,3,5H2,1-2H3,(H,13,17)(H,18,19). The summed E-state index contributed by atoms with van der Waals surface area (Å²) in [4.78, 5) is 27.4. The van der Waals surface area contributed by atoms with E-state index in [0.717, 1.165) is 0 Å². The molecule has 0 bridgehead atoms. The Kier molecular flexibility index (Phi) is 4.14. The molecule has 0 radical (unpaired) electrons. The first kappa shape index (κ1) is 14.2. The highest BCUT2D eigenvalue weighted by molar-refractivity contribution is 7.11. The zero-order chi connectivity index (χ0) is 14.7. The maximum absolute atomic E-state index is 11.9. The molecule has 0 aliphatic heterocycles. The van der Waals surface area contributed by atoms with Gasteiger partial charge in [-0.1, -0.05) is 0 Å². The van der Waals surface area contributed by atoms with Crippen LogP contribution in [0.25, 0.3) is 0 Å². The third kappa shape index (κ3) is 3.02. The Morgan fingerprint density at radius 3 is 2.80 bits per heavy atom. The van der Waals surface area contributed by atoms with E-state index in [1.54, 1.807) is 17.8 Å². The number of aromatic carboxylic acids is 1. The molecule has 1 amide bonds. The second-order valence-corrected chi connectivity index (χ2v) is 5.37. The minimum Gasteiger partial charge on any atom is -0.476 e. The van der Waals surface area contributed by atoms with Crippen molar-refractivity contribution in [1.82, 2.24) is 20.1 Å². The Balaban J connectivity index is 1.99. The molecule has 0 fully saturated rings. The van der Waals surface area contributed by atoms with Crippen LogP contribution in [0.5, 0.6) is 0 Å². The van der Waals surface area contributed by atoms with Crippen LogP contribution in [0.1, 0.15) is 37.7 Å². The average molecular weight is 294 g/mol. The third-order valence-corrected chi connectivity index (χ3v) is 3.63. The van der Waals surface area contributed by atoms with Gasteiger partial charge in [-0.3, -0.25) is 9.48 Å². The first-order chi connectivity index (χ1) is 9.51.